The van der Waals surface area contributed by atoms with E-state index in [1.165, 1.54) is 13.2 Å². The Balaban J connectivity index is 2.79. The van der Waals surface area contributed by atoms with Crippen LogP contribution in [0.15, 0.2) is 18.2 Å². The summed E-state index contributed by atoms with van der Waals surface area (Å²) in [5.41, 5.74) is 6.77. The standard InChI is InChI=1S/C12H15NO5/c1-18-10(14)5-3-7-2-4-8(9(13)6-7)11(15)12(16)17/h2,4,6,11,15H,3,5,13H2,1H3,(H,16,17). The van der Waals surface area contributed by atoms with Gasteiger partial charge in [-0.25, -0.2) is 4.79 Å². The van der Waals surface area contributed by atoms with Gasteiger partial charge in [0.25, 0.3) is 0 Å². The van der Waals surface area contributed by atoms with Crippen LogP contribution in [0, 0.1) is 0 Å². The van der Waals surface area contributed by atoms with Crippen LogP contribution in [0.1, 0.15) is 23.7 Å². The maximum absolute atomic E-state index is 11.0. The number of carbonyl (C=O) groups is 2. The van der Waals surface area contributed by atoms with Crippen molar-refractivity contribution in [3.05, 3.63) is 29.3 Å². The largest absolute Gasteiger partial charge is 0.479 e. The van der Waals surface area contributed by atoms with Crippen molar-refractivity contribution in [2.45, 2.75) is 18.9 Å². The number of aliphatic carboxylic acids is 1. The molecule has 4 N–H and O–H groups in total. The topological polar surface area (TPSA) is 110 Å². The van der Waals surface area contributed by atoms with Crippen LogP contribution in [0.2, 0.25) is 0 Å². The van der Waals surface area contributed by atoms with Gasteiger partial charge in [0.05, 0.1) is 7.11 Å². The first-order valence-electron chi connectivity index (χ1n) is 5.31. The summed E-state index contributed by atoms with van der Waals surface area (Å²) in [7, 11) is 1.31. The number of aryl methyl sites for hydroxylation is 1. The fourth-order valence-corrected chi connectivity index (χ4v) is 1.51. The lowest BCUT2D eigenvalue weighted by atomic mass is 10.0. The number of carboxylic acid groups (broad SMARTS) is 1. The van der Waals surface area contributed by atoms with E-state index in [4.69, 9.17) is 10.8 Å². The van der Waals surface area contributed by atoms with Crippen molar-refractivity contribution in [2.75, 3.05) is 12.8 Å². The number of carbonyl (C=O) groups excluding carboxylic acids is 1. The molecule has 0 fully saturated rings. The predicted octanol–water partition coefficient (Wildman–Crippen LogP) is 0.492. The number of benzene rings is 1. The molecule has 0 saturated heterocycles. The van der Waals surface area contributed by atoms with Crippen LogP contribution in [0.4, 0.5) is 5.69 Å². The van der Waals surface area contributed by atoms with Gasteiger partial charge < -0.3 is 20.7 Å². The van der Waals surface area contributed by atoms with Crippen LogP contribution < -0.4 is 5.73 Å². The zero-order chi connectivity index (χ0) is 13.7. The smallest absolute Gasteiger partial charge is 0.337 e. The number of ether oxygens (including phenoxy) is 1. The molecule has 0 heterocycles. The Morgan fingerprint density at radius 1 is 1.44 bits per heavy atom. The highest BCUT2D eigenvalue weighted by Crippen LogP contribution is 2.22. The first-order chi connectivity index (χ1) is 8.45. The predicted molar refractivity (Wildman–Crippen MR) is 63.8 cm³/mol. The Hall–Kier alpha value is -2.08. The highest BCUT2D eigenvalue weighted by molar-refractivity contribution is 5.76. The van der Waals surface area contributed by atoms with Gasteiger partial charge in [-0.15, -0.1) is 0 Å². The number of carboxylic acids is 1. The number of rotatable bonds is 5. The number of nitrogens with two attached hydrogens (primary N) is 1. The van der Waals surface area contributed by atoms with E-state index in [-0.39, 0.29) is 23.6 Å². The molecular weight excluding hydrogens is 238 g/mol. The molecule has 1 rings (SSSR count). The first-order valence-corrected chi connectivity index (χ1v) is 5.31. The molecule has 98 valence electrons. The first kappa shape index (κ1) is 14.0. The molecule has 0 amide bonds. The molecule has 1 aromatic rings. The van der Waals surface area contributed by atoms with Crippen molar-refractivity contribution >= 4 is 17.6 Å². The fraction of sp³-hybridized carbons (Fsp3) is 0.333. The van der Waals surface area contributed by atoms with Crippen LogP contribution in [-0.4, -0.2) is 29.3 Å². The number of aliphatic hydroxyl groups excluding tert-OH is 1. The van der Waals surface area contributed by atoms with E-state index in [0.717, 1.165) is 5.56 Å². The number of hydrogen-bond donors (Lipinski definition) is 3. The summed E-state index contributed by atoms with van der Waals surface area (Å²) in [5, 5.41) is 18.0. The summed E-state index contributed by atoms with van der Waals surface area (Å²) in [5.74, 6) is -1.69. The Kier molecular flexibility index (Phi) is 4.67. The number of esters is 1. The number of anilines is 1. The zero-order valence-electron chi connectivity index (χ0n) is 9.92. The van der Waals surface area contributed by atoms with Crippen molar-refractivity contribution in [3.8, 4) is 0 Å². The molecular formula is C12H15NO5. The SMILES string of the molecule is COC(=O)CCc1ccc(C(O)C(=O)O)c(N)c1. The van der Waals surface area contributed by atoms with Crippen LogP contribution in [0.25, 0.3) is 0 Å². The van der Waals surface area contributed by atoms with Gasteiger partial charge in [0, 0.05) is 17.7 Å². The molecule has 0 aliphatic heterocycles. The van der Waals surface area contributed by atoms with Crippen LogP contribution in [-0.2, 0) is 20.7 Å². The van der Waals surface area contributed by atoms with E-state index in [0.29, 0.717) is 6.42 Å². The van der Waals surface area contributed by atoms with Gasteiger partial charge in [0.1, 0.15) is 0 Å². The minimum atomic E-state index is -1.64. The number of hydrogen-bond acceptors (Lipinski definition) is 5. The minimum absolute atomic E-state index is 0.143. The highest BCUT2D eigenvalue weighted by Gasteiger charge is 2.18. The fourth-order valence-electron chi connectivity index (χ4n) is 1.51. The Morgan fingerprint density at radius 2 is 2.11 bits per heavy atom. The summed E-state index contributed by atoms with van der Waals surface area (Å²) < 4.78 is 4.51. The average Bonchev–Trinajstić information content (AvgIpc) is 2.35. The Labute approximate surface area is 104 Å². The molecule has 0 bridgehead atoms. The molecule has 1 unspecified atom stereocenters. The lowest BCUT2D eigenvalue weighted by Gasteiger charge is -2.10. The van der Waals surface area contributed by atoms with E-state index < -0.39 is 12.1 Å². The second-order valence-electron chi connectivity index (χ2n) is 3.78. The molecule has 0 aromatic heterocycles. The van der Waals surface area contributed by atoms with Crippen LogP contribution in [0.3, 0.4) is 0 Å². The van der Waals surface area contributed by atoms with E-state index in [1.54, 1.807) is 12.1 Å². The van der Waals surface area contributed by atoms with Gasteiger partial charge in [-0.1, -0.05) is 12.1 Å². The molecule has 0 aliphatic rings. The second kappa shape index (κ2) is 6.02. The van der Waals surface area contributed by atoms with E-state index in [2.05, 4.69) is 4.74 Å². The molecule has 0 saturated carbocycles. The minimum Gasteiger partial charge on any atom is -0.479 e. The number of aliphatic hydroxyl groups is 1. The number of methoxy groups -OCH3 is 1. The molecule has 0 radical (unpaired) electrons. The van der Waals surface area contributed by atoms with Gasteiger partial charge in [0.2, 0.25) is 0 Å². The Morgan fingerprint density at radius 3 is 2.61 bits per heavy atom. The van der Waals surface area contributed by atoms with E-state index in [1.807, 2.05) is 0 Å². The van der Waals surface area contributed by atoms with Crippen molar-refractivity contribution in [1.82, 2.24) is 0 Å². The maximum atomic E-state index is 11.0. The third-order valence-corrected chi connectivity index (χ3v) is 2.53. The molecule has 1 aromatic carbocycles. The third-order valence-electron chi connectivity index (χ3n) is 2.53. The van der Waals surface area contributed by atoms with Crippen molar-refractivity contribution < 1.29 is 24.5 Å². The van der Waals surface area contributed by atoms with Crippen LogP contribution >= 0.6 is 0 Å². The molecule has 0 aliphatic carbocycles. The monoisotopic (exact) mass is 253 g/mol. The molecule has 0 spiro atoms. The molecule has 1 atom stereocenters. The van der Waals surface area contributed by atoms with Gasteiger partial charge in [0.15, 0.2) is 6.10 Å². The molecule has 6 heteroatoms. The quantitative estimate of drug-likeness (QED) is 0.520. The van der Waals surface area contributed by atoms with E-state index >= 15 is 0 Å². The Bertz CT molecular complexity index is 458. The molecule has 18 heavy (non-hydrogen) atoms. The van der Waals surface area contributed by atoms with Gasteiger partial charge >= 0.3 is 11.9 Å². The number of nitrogen functional groups attached to an aromatic ring is 1. The normalized spacial score (nSPS) is 11.9. The lowest BCUT2D eigenvalue weighted by molar-refractivity contribution is -0.147. The van der Waals surface area contributed by atoms with Gasteiger partial charge in [-0.2, -0.15) is 0 Å². The second-order valence-corrected chi connectivity index (χ2v) is 3.78. The van der Waals surface area contributed by atoms with Gasteiger partial charge in [-0.3, -0.25) is 4.79 Å². The summed E-state index contributed by atoms with van der Waals surface area (Å²) >= 11 is 0. The summed E-state index contributed by atoms with van der Waals surface area (Å²) in [4.78, 5) is 21.6. The van der Waals surface area contributed by atoms with Crippen molar-refractivity contribution in [2.24, 2.45) is 0 Å². The lowest BCUT2D eigenvalue weighted by Crippen LogP contribution is -2.12. The van der Waals surface area contributed by atoms with E-state index in [9.17, 15) is 14.7 Å². The summed E-state index contributed by atoms with van der Waals surface area (Å²) in [6, 6.07) is 4.62. The molecule has 6 nitrogen and oxygen atoms in total. The highest BCUT2D eigenvalue weighted by atomic mass is 16.5. The summed E-state index contributed by atoms with van der Waals surface area (Å²) in [6.45, 7) is 0. The van der Waals surface area contributed by atoms with Gasteiger partial charge in [-0.05, 0) is 18.1 Å². The third kappa shape index (κ3) is 3.46. The van der Waals surface area contributed by atoms with Crippen LogP contribution in [0.5, 0.6) is 0 Å². The van der Waals surface area contributed by atoms with Crippen molar-refractivity contribution in [1.29, 1.82) is 0 Å². The zero-order valence-corrected chi connectivity index (χ0v) is 9.92. The summed E-state index contributed by atoms with van der Waals surface area (Å²) in [6.07, 6.45) is -0.975. The maximum Gasteiger partial charge on any atom is 0.337 e. The average molecular weight is 253 g/mol. The van der Waals surface area contributed by atoms with Crippen molar-refractivity contribution in [3.63, 3.8) is 0 Å².